The van der Waals surface area contributed by atoms with Crippen LogP contribution in [0.5, 0.6) is 0 Å². The van der Waals surface area contributed by atoms with Crippen molar-refractivity contribution < 1.29 is 4.42 Å². The fraction of sp³-hybridized carbons (Fsp3) is 0.543. The van der Waals surface area contributed by atoms with Crippen molar-refractivity contribution in [2.75, 3.05) is 0 Å². The summed E-state index contributed by atoms with van der Waals surface area (Å²) >= 11 is 1.62. The highest BCUT2D eigenvalue weighted by Crippen LogP contribution is 2.04. The Labute approximate surface area is 423 Å². The molecule has 0 bridgehead atoms. The first-order chi connectivity index (χ1) is 33.8. The molecule has 0 aromatic carbocycles. The molecule has 398 valence electrons. The molecule has 6 N–H and O–H groups in total. The Kier molecular flexibility index (Phi) is 70.5. The molecule has 0 radical (unpaired) electrons. The van der Waals surface area contributed by atoms with Gasteiger partial charge in [0.05, 0.1) is 6.20 Å². The molecule has 0 fully saturated rings. The van der Waals surface area contributed by atoms with Crippen molar-refractivity contribution in [1.82, 2.24) is 111 Å². The zero-order valence-electron chi connectivity index (χ0n) is 47.3. The minimum Gasteiger partial charge on any atom is -0.426 e. The Morgan fingerprint density at radius 1 is 0.443 bits per heavy atom. The Morgan fingerprint density at radius 3 is 0.871 bits per heavy atom. The van der Waals surface area contributed by atoms with Crippen molar-refractivity contribution in [2.45, 2.75) is 166 Å². The first kappa shape index (κ1) is 77.1. The van der Waals surface area contributed by atoms with Crippen LogP contribution in [-0.2, 0) is 7.05 Å². The van der Waals surface area contributed by atoms with Crippen LogP contribution in [0.4, 0.5) is 0 Å². The normalized spacial score (nSPS) is 7.79. The molecular weight excluding hydrogens is 909 g/mol. The molecule has 0 aliphatic carbocycles. The topological polar surface area (TPSA) is 306 Å². The zero-order valence-corrected chi connectivity index (χ0v) is 48.1. The number of aryl methyl sites for hydroxylation is 11. The number of H-pyrrole nitrogens is 6. The van der Waals surface area contributed by atoms with Crippen LogP contribution in [0.3, 0.4) is 0 Å². The monoisotopic (exact) mass is 1000 g/mol. The molecule has 23 nitrogen and oxygen atoms in total. The maximum atomic E-state index is 4.86. The highest BCUT2D eigenvalue weighted by molar-refractivity contribution is 7.11. The number of aromatic nitrogens is 22. The van der Waals surface area contributed by atoms with Crippen LogP contribution in [-0.4, -0.2) is 111 Å². The molecule has 0 spiro atoms. The lowest BCUT2D eigenvalue weighted by molar-refractivity contribution is 0.489. The summed E-state index contributed by atoms with van der Waals surface area (Å²) in [6, 6.07) is 3.83. The summed E-state index contributed by atoms with van der Waals surface area (Å²) in [7, 11) is 1.88. The van der Waals surface area contributed by atoms with Gasteiger partial charge in [0.25, 0.3) is 0 Å². The van der Waals surface area contributed by atoms with E-state index < -0.39 is 0 Å². The highest BCUT2D eigenvalue weighted by Gasteiger charge is 1.90. The fourth-order valence-corrected chi connectivity index (χ4v) is 3.40. The third-order valence-corrected chi connectivity index (χ3v) is 6.06. The van der Waals surface area contributed by atoms with Crippen molar-refractivity contribution in [2.24, 2.45) is 7.05 Å². The van der Waals surface area contributed by atoms with Crippen LogP contribution < -0.4 is 0 Å². The first-order valence-electron chi connectivity index (χ1n) is 23.5. The van der Waals surface area contributed by atoms with Gasteiger partial charge in [0.2, 0.25) is 11.8 Å². The molecule has 9 aromatic heterocycles. The molecule has 0 unspecified atom stereocenters. The predicted molar refractivity (Wildman–Crippen MR) is 287 cm³/mol. The van der Waals surface area contributed by atoms with Gasteiger partial charge < -0.3 is 8.98 Å². The van der Waals surface area contributed by atoms with Gasteiger partial charge in [0.15, 0.2) is 0 Å². The van der Waals surface area contributed by atoms with Crippen LogP contribution >= 0.6 is 11.3 Å². The number of hydrogen-bond donors (Lipinski definition) is 6. The smallest absolute Gasteiger partial charge is 0.213 e. The molecule has 70 heavy (non-hydrogen) atoms. The minimum absolute atomic E-state index is 0.623. The Bertz CT molecular complexity index is 1670. The van der Waals surface area contributed by atoms with E-state index in [1.54, 1.807) is 61.0 Å². The number of hydrogen-bond acceptors (Lipinski definition) is 17. The molecular formula is C46H92N22OS. The van der Waals surface area contributed by atoms with Crippen LogP contribution in [0.15, 0.2) is 73.0 Å². The summed E-state index contributed by atoms with van der Waals surface area (Å²) in [4.78, 5) is 11.2. The van der Waals surface area contributed by atoms with Crippen LogP contribution in [0.2, 0.25) is 0 Å². The van der Waals surface area contributed by atoms with Crippen molar-refractivity contribution in [3.63, 3.8) is 0 Å². The van der Waals surface area contributed by atoms with E-state index in [0.717, 1.165) is 38.9 Å². The first-order valence-corrected chi connectivity index (χ1v) is 24.3. The van der Waals surface area contributed by atoms with E-state index in [0.29, 0.717) is 11.8 Å². The molecule has 0 atom stereocenters. The molecule has 0 saturated carbocycles. The molecule has 0 saturated heterocycles. The predicted octanol–water partition coefficient (Wildman–Crippen LogP) is 11.3. The van der Waals surface area contributed by atoms with Gasteiger partial charge in [-0.15, -0.1) is 41.9 Å². The fourth-order valence-electron chi connectivity index (χ4n) is 2.81. The third-order valence-electron chi connectivity index (χ3n) is 5.31. The SMILES string of the molecule is CC.CC.CC.CC.CC.CC.CC.Cc1ccn[nH]1.Cc1ccn[nH]1.Cc1cn[nH]c1.Cc1ncn[nH]1.Cc1ncn[nH]1.Cc1ncn[nH]1.Cc1nnc(C)o1.Cc1nnc(C)s1.Cn1cnnc1. The van der Waals surface area contributed by atoms with Gasteiger partial charge >= 0.3 is 0 Å². The number of nitrogens with zero attached hydrogens (tertiary/aromatic N) is 16. The van der Waals surface area contributed by atoms with Gasteiger partial charge in [-0.25, -0.2) is 15.0 Å². The van der Waals surface area contributed by atoms with Gasteiger partial charge in [0, 0.05) is 50.9 Å². The Hall–Kier alpha value is -7.11. The van der Waals surface area contributed by atoms with E-state index in [-0.39, 0.29) is 0 Å². The highest BCUT2D eigenvalue weighted by atomic mass is 32.1. The second-order valence-corrected chi connectivity index (χ2v) is 12.2. The molecule has 9 aromatic rings. The van der Waals surface area contributed by atoms with Gasteiger partial charge in [0.1, 0.15) is 59.1 Å². The Balaban J connectivity index is -0.000000124. The number of aromatic amines is 6. The van der Waals surface area contributed by atoms with E-state index in [9.17, 15) is 0 Å². The van der Waals surface area contributed by atoms with Gasteiger partial charge in [-0.1, -0.05) is 96.9 Å². The summed E-state index contributed by atoms with van der Waals surface area (Å²) in [6.07, 6.45) is 14.8. The standard InChI is InChI=1S/C4H6N2O.C4H6N2S.3C4H6N2.4C3H5N3.7C2H6/c2*1-3-5-6-4(2)7-3;1-4-2-5-6-3-4;2*1-4-2-3-5-6-4;1-6-2-4-5-3-6;3*1-3-4-2-5-6-3;7*1-2/h2*1-2H3;3*2-3H,1H3,(H,5,6);2-3H,1H3;3*2H,1H3,(H,4,5,6);7*1-2H3. The van der Waals surface area contributed by atoms with E-state index >= 15 is 0 Å². The maximum Gasteiger partial charge on any atom is 0.213 e. The third kappa shape index (κ3) is 60.9. The van der Waals surface area contributed by atoms with Gasteiger partial charge in [-0.3, -0.25) is 30.6 Å². The second kappa shape index (κ2) is 64.0. The molecule has 0 aliphatic heterocycles. The van der Waals surface area contributed by atoms with Crippen molar-refractivity contribution in [3.8, 4) is 0 Å². The molecule has 0 amide bonds. The van der Waals surface area contributed by atoms with Gasteiger partial charge in [-0.05, 0) is 73.1 Å². The lowest BCUT2D eigenvalue weighted by Gasteiger charge is -1.74. The van der Waals surface area contributed by atoms with Gasteiger partial charge in [-0.2, -0.15) is 30.6 Å². The van der Waals surface area contributed by atoms with E-state index in [1.807, 2.05) is 178 Å². The minimum atomic E-state index is 0.623. The summed E-state index contributed by atoms with van der Waals surface area (Å²) in [5, 5.41) is 61.9. The summed E-state index contributed by atoms with van der Waals surface area (Å²) in [6.45, 7) is 46.9. The lowest BCUT2D eigenvalue weighted by Crippen LogP contribution is -1.76. The Morgan fingerprint density at radius 2 is 0.786 bits per heavy atom. The van der Waals surface area contributed by atoms with E-state index in [4.69, 9.17) is 4.42 Å². The van der Waals surface area contributed by atoms with Crippen molar-refractivity contribution in [3.05, 3.63) is 125 Å². The van der Waals surface area contributed by atoms with Crippen LogP contribution in [0.1, 0.15) is 153 Å². The van der Waals surface area contributed by atoms with Crippen LogP contribution in [0, 0.1) is 69.2 Å². The summed E-state index contributed by atoms with van der Waals surface area (Å²) in [5.74, 6) is 3.81. The van der Waals surface area contributed by atoms with Crippen LogP contribution in [0.25, 0.3) is 0 Å². The van der Waals surface area contributed by atoms with E-state index in [2.05, 4.69) is 107 Å². The number of nitrogens with one attached hydrogen (secondary N) is 6. The molecule has 0 aliphatic rings. The van der Waals surface area contributed by atoms with Crippen molar-refractivity contribution in [1.29, 1.82) is 0 Å². The average molecular weight is 1000 g/mol. The van der Waals surface area contributed by atoms with E-state index in [1.165, 1.54) is 24.5 Å². The maximum absolute atomic E-state index is 4.86. The second-order valence-electron chi connectivity index (χ2n) is 10.8. The zero-order chi connectivity index (χ0) is 55.4. The quantitative estimate of drug-likeness (QED) is 0.0822. The lowest BCUT2D eigenvalue weighted by atomic mass is 10.4. The summed E-state index contributed by atoms with van der Waals surface area (Å²) in [5.41, 5.74) is 3.39. The molecule has 9 heterocycles. The number of rotatable bonds is 0. The largest absolute Gasteiger partial charge is 0.426 e. The molecule has 24 heteroatoms. The molecule has 9 rings (SSSR count). The average Bonchev–Trinajstić information content (AvgIpc) is 4.22. The summed E-state index contributed by atoms with van der Waals surface area (Å²) < 4.78 is 6.64. The van der Waals surface area contributed by atoms with Crippen molar-refractivity contribution >= 4 is 11.3 Å².